The van der Waals surface area contributed by atoms with E-state index in [1.54, 1.807) is 24.4 Å². The van der Waals surface area contributed by atoms with Gasteiger partial charge in [-0.3, -0.25) is 9.32 Å². The first-order valence-corrected chi connectivity index (χ1v) is 15.2. The van der Waals surface area contributed by atoms with Gasteiger partial charge in [-0.25, -0.2) is 14.5 Å². The van der Waals surface area contributed by atoms with Crippen LogP contribution in [-0.2, 0) is 23.4 Å². The van der Waals surface area contributed by atoms with Crippen LogP contribution in [0.1, 0.15) is 45.8 Å². The van der Waals surface area contributed by atoms with Crippen molar-refractivity contribution in [1.29, 1.82) is 0 Å². The molecule has 0 radical (unpaired) electrons. The van der Waals surface area contributed by atoms with E-state index in [1.165, 1.54) is 36.9 Å². The van der Waals surface area contributed by atoms with Gasteiger partial charge in [-0.05, 0) is 69.9 Å². The molecular weight excluding hydrogens is 577 g/mol. The third-order valence-electron chi connectivity index (χ3n) is 7.29. The molecule has 1 aromatic carbocycles. The average Bonchev–Trinajstić information content (AvgIpc) is 3.64. The number of aromatic nitrogens is 3. The first-order valence-electron chi connectivity index (χ1n) is 13.3. The van der Waals surface area contributed by atoms with Crippen LogP contribution >= 0.6 is 19.3 Å². The van der Waals surface area contributed by atoms with Crippen molar-refractivity contribution >= 4 is 42.2 Å². The Morgan fingerprint density at radius 2 is 2.00 bits per heavy atom. The second kappa shape index (κ2) is 11.8. The molecule has 2 fully saturated rings. The van der Waals surface area contributed by atoms with Crippen molar-refractivity contribution in [2.24, 2.45) is 0 Å². The number of nitrogens with two attached hydrogens (primary N) is 1. The largest absolute Gasteiger partial charge is 0.461 e. The number of carbonyl (C=O) groups is 1. The predicted molar refractivity (Wildman–Crippen MR) is 149 cm³/mol. The van der Waals surface area contributed by atoms with Crippen molar-refractivity contribution in [3.05, 3.63) is 47.9 Å². The number of carbonyl (C=O) groups excluding carboxylic acids is 1. The van der Waals surface area contributed by atoms with Gasteiger partial charge in [-0.2, -0.15) is 5.09 Å². The molecule has 1 saturated heterocycles. The van der Waals surface area contributed by atoms with E-state index in [2.05, 4.69) is 15.1 Å². The van der Waals surface area contributed by atoms with Gasteiger partial charge in [-0.15, -0.1) is 0 Å². The van der Waals surface area contributed by atoms with Crippen LogP contribution in [0.15, 0.2) is 42.9 Å². The summed E-state index contributed by atoms with van der Waals surface area (Å²) < 4.78 is 38.4. The molecule has 0 bridgehead atoms. The Bertz CT molecular complexity index is 1430. The molecule has 13 nitrogen and oxygen atoms in total. The lowest BCUT2D eigenvalue weighted by Crippen LogP contribution is -2.44. The number of benzene rings is 1. The number of esters is 1. The van der Waals surface area contributed by atoms with E-state index in [9.17, 15) is 19.6 Å². The van der Waals surface area contributed by atoms with E-state index in [1.807, 2.05) is 0 Å². The molecule has 3 heterocycles. The zero-order chi connectivity index (χ0) is 29.4. The fraction of sp³-hybridized carbons (Fsp3) is 0.500. The smallest absolute Gasteiger partial charge is 0.459 e. The Balaban J connectivity index is 1.33. The SMILES string of the molecule is CC(NP(=O)(OCC1OC(n2ccc3c(N)ncnc32)[C@](C)(O)[C@@H]1O)Oc1ccc(Cl)cc1)C(=O)OC1CCCC1. The summed E-state index contributed by atoms with van der Waals surface area (Å²) in [5, 5.41) is 25.8. The lowest BCUT2D eigenvalue weighted by Gasteiger charge is -2.27. The minimum atomic E-state index is -4.27. The summed E-state index contributed by atoms with van der Waals surface area (Å²) in [5.41, 5.74) is 4.53. The minimum Gasteiger partial charge on any atom is -0.461 e. The van der Waals surface area contributed by atoms with E-state index in [4.69, 9.17) is 35.9 Å². The fourth-order valence-electron chi connectivity index (χ4n) is 5.02. The van der Waals surface area contributed by atoms with Crippen LogP contribution in [0.2, 0.25) is 5.02 Å². The molecule has 5 rings (SSSR count). The lowest BCUT2D eigenvalue weighted by atomic mass is 9.96. The highest BCUT2D eigenvalue weighted by molar-refractivity contribution is 7.52. The maximum Gasteiger partial charge on any atom is 0.459 e. The number of nitrogens with one attached hydrogen (secondary N) is 1. The predicted octanol–water partition coefficient (Wildman–Crippen LogP) is 3.34. The minimum absolute atomic E-state index is 0.162. The zero-order valence-corrected chi connectivity index (χ0v) is 24.2. The van der Waals surface area contributed by atoms with Gasteiger partial charge in [0, 0.05) is 11.2 Å². The Hall–Kier alpha value is -2.77. The highest BCUT2D eigenvalue weighted by atomic mass is 35.5. The molecule has 3 aromatic rings. The highest BCUT2D eigenvalue weighted by Gasteiger charge is 2.54. The summed E-state index contributed by atoms with van der Waals surface area (Å²) in [6.07, 6.45) is 2.53. The van der Waals surface area contributed by atoms with E-state index >= 15 is 0 Å². The van der Waals surface area contributed by atoms with Crippen molar-refractivity contribution < 1.29 is 38.1 Å². The summed E-state index contributed by atoms with van der Waals surface area (Å²) in [5.74, 6) is -0.185. The van der Waals surface area contributed by atoms with Crippen molar-refractivity contribution in [2.45, 2.75) is 75.7 Å². The van der Waals surface area contributed by atoms with Crippen LogP contribution in [-0.4, -0.2) is 67.3 Å². The van der Waals surface area contributed by atoms with Gasteiger partial charge in [0.1, 0.15) is 53.5 Å². The number of fused-ring (bicyclic) bond motifs is 1. The summed E-state index contributed by atoms with van der Waals surface area (Å²) >= 11 is 5.96. The summed E-state index contributed by atoms with van der Waals surface area (Å²) in [7, 11) is -4.27. The summed E-state index contributed by atoms with van der Waals surface area (Å²) in [4.78, 5) is 20.9. The van der Waals surface area contributed by atoms with Gasteiger partial charge in [0.2, 0.25) is 0 Å². The molecule has 1 saturated carbocycles. The first-order chi connectivity index (χ1) is 19.5. The zero-order valence-electron chi connectivity index (χ0n) is 22.6. The van der Waals surface area contributed by atoms with Crippen LogP contribution in [0.25, 0.3) is 11.0 Å². The molecule has 15 heteroatoms. The normalized spacial score (nSPS) is 27.1. The van der Waals surface area contributed by atoms with E-state index in [-0.39, 0.29) is 17.7 Å². The number of hydrogen-bond acceptors (Lipinski definition) is 11. The Morgan fingerprint density at radius 1 is 1.29 bits per heavy atom. The number of hydrogen-bond donors (Lipinski definition) is 4. The van der Waals surface area contributed by atoms with Crippen molar-refractivity contribution in [1.82, 2.24) is 19.6 Å². The highest BCUT2D eigenvalue weighted by Crippen LogP contribution is 2.47. The van der Waals surface area contributed by atoms with Gasteiger partial charge in [0.25, 0.3) is 0 Å². The van der Waals surface area contributed by atoms with Crippen LogP contribution < -0.4 is 15.3 Å². The van der Waals surface area contributed by atoms with Crippen LogP contribution in [0.4, 0.5) is 5.82 Å². The van der Waals surface area contributed by atoms with Crippen molar-refractivity contribution in [3.63, 3.8) is 0 Å². The Kier molecular flexibility index (Phi) is 8.58. The molecule has 4 unspecified atom stereocenters. The van der Waals surface area contributed by atoms with Crippen molar-refractivity contribution in [3.8, 4) is 5.75 Å². The summed E-state index contributed by atoms with van der Waals surface area (Å²) in [6.45, 7) is 2.43. The Morgan fingerprint density at radius 3 is 2.71 bits per heavy atom. The molecule has 2 aromatic heterocycles. The molecular formula is C26H33ClN5O8P. The lowest BCUT2D eigenvalue weighted by molar-refractivity contribution is -0.150. The monoisotopic (exact) mass is 609 g/mol. The molecule has 1 aliphatic heterocycles. The molecule has 2 aliphatic rings. The van der Waals surface area contributed by atoms with Gasteiger partial charge in [0.05, 0.1) is 12.0 Å². The third-order valence-corrected chi connectivity index (χ3v) is 9.18. The van der Waals surface area contributed by atoms with Crippen LogP contribution in [0, 0.1) is 0 Å². The average molecular weight is 610 g/mol. The van der Waals surface area contributed by atoms with Crippen LogP contribution in [0.3, 0.4) is 0 Å². The maximum atomic E-state index is 13.9. The summed E-state index contributed by atoms with van der Waals surface area (Å²) in [6, 6.07) is 6.70. The molecule has 41 heavy (non-hydrogen) atoms. The number of ether oxygens (including phenoxy) is 2. The van der Waals surface area contributed by atoms with E-state index in [0.717, 1.165) is 25.7 Å². The number of rotatable bonds is 10. The van der Waals surface area contributed by atoms with Gasteiger partial charge < -0.3 is 34.5 Å². The molecule has 5 N–H and O–H groups in total. The Labute approximate surface area is 241 Å². The molecule has 0 spiro atoms. The number of aliphatic hydroxyl groups excluding tert-OH is 1. The van der Waals surface area contributed by atoms with Crippen molar-refractivity contribution in [2.75, 3.05) is 12.3 Å². The van der Waals surface area contributed by atoms with E-state index in [0.29, 0.717) is 16.1 Å². The molecule has 1 aliphatic carbocycles. The number of nitrogen functional groups attached to an aromatic ring is 1. The topological polar surface area (TPSA) is 180 Å². The first kappa shape index (κ1) is 29.7. The standard InChI is InChI=1S/C26H33ClN5O8P/c1-15(24(34)38-17-5-3-4-6-17)31-41(36,40-18-9-7-16(27)8-10-18)37-13-20-21(33)26(2,35)25(39-20)32-12-11-19-22(28)29-14-30-23(19)32/h7-12,14-15,17,20-21,25,33,35H,3-6,13H2,1-2H3,(H,31,36)(H2,28,29,30)/t15?,20?,21-,25?,26-,41?/m1/s1. The van der Waals surface area contributed by atoms with Crippen LogP contribution in [0.5, 0.6) is 5.75 Å². The molecule has 6 atom stereocenters. The number of aliphatic hydroxyl groups is 2. The number of halogens is 1. The van der Waals surface area contributed by atoms with E-state index < -0.39 is 50.4 Å². The van der Waals surface area contributed by atoms with Gasteiger partial charge >= 0.3 is 13.7 Å². The van der Waals surface area contributed by atoms with Gasteiger partial charge in [0.15, 0.2) is 6.23 Å². The quantitative estimate of drug-likeness (QED) is 0.195. The molecule has 222 valence electrons. The number of nitrogens with zero attached hydrogens (tertiary/aromatic N) is 3. The van der Waals surface area contributed by atoms with Gasteiger partial charge in [-0.1, -0.05) is 11.6 Å². The second-order valence-corrected chi connectivity index (χ2v) is 12.6. The maximum absolute atomic E-state index is 13.9. The molecule has 0 amide bonds. The second-order valence-electron chi connectivity index (χ2n) is 10.4. The fourth-order valence-corrected chi connectivity index (χ4v) is 6.64. The number of anilines is 1. The third kappa shape index (κ3) is 6.36.